The van der Waals surface area contributed by atoms with Gasteiger partial charge in [-0.1, -0.05) is 6.07 Å². The lowest BCUT2D eigenvalue weighted by Gasteiger charge is -2.20. The molecule has 92 valence electrons. The molecule has 1 aliphatic carbocycles. The fourth-order valence-electron chi connectivity index (χ4n) is 2.42. The van der Waals surface area contributed by atoms with Crippen LogP contribution in [0.25, 0.3) is 11.1 Å². The molecule has 0 bridgehead atoms. The zero-order valence-corrected chi connectivity index (χ0v) is 10.1. The number of fused-ring (bicyclic) bond motifs is 3. The number of nitrogens with two attached hydrogens (primary N) is 2. The maximum absolute atomic E-state index is 5.97. The highest BCUT2D eigenvalue weighted by Gasteiger charge is 2.21. The van der Waals surface area contributed by atoms with Gasteiger partial charge in [0.05, 0.1) is 12.8 Å². The average Bonchev–Trinajstić information content (AvgIpc) is 2.37. The summed E-state index contributed by atoms with van der Waals surface area (Å²) < 4.78 is 5.24. The van der Waals surface area contributed by atoms with Crippen molar-refractivity contribution in [2.24, 2.45) is 0 Å². The molecule has 0 saturated carbocycles. The fraction of sp³-hybridized carbons (Fsp3) is 0.231. The predicted octanol–water partition coefficient (Wildman–Crippen LogP) is 1.42. The Morgan fingerprint density at radius 3 is 2.78 bits per heavy atom. The van der Waals surface area contributed by atoms with Crippen LogP contribution < -0.4 is 16.2 Å². The van der Waals surface area contributed by atoms with Crippen LogP contribution in [0.3, 0.4) is 0 Å². The summed E-state index contributed by atoms with van der Waals surface area (Å²) in [6.07, 6.45) is 1.74. The van der Waals surface area contributed by atoms with Gasteiger partial charge in [-0.15, -0.1) is 0 Å². The van der Waals surface area contributed by atoms with Gasteiger partial charge in [0.1, 0.15) is 11.6 Å². The summed E-state index contributed by atoms with van der Waals surface area (Å²) in [6.45, 7) is 0. The van der Waals surface area contributed by atoms with Crippen molar-refractivity contribution in [1.82, 2.24) is 9.97 Å². The number of anilines is 2. The maximum atomic E-state index is 5.97. The minimum atomic E-state index is 0.239. The highest BCUT2D eigenvalue weighted by atomic mass is 16.5. The number of hydrogen-bond donors (Lipinski definition) is 2. The third-order valence-electron chi connectivity index (χ3n) is 3.24. The highest BCUT2D eigenvalue weighted by molar-refractivity contribution is 5.81. The van der Waals surface area contributed by atoms with Crippen LogP contribution in [0.5, 0.6) is 5.75 Å². The van der Waals surface area contributed by atoms with Crippen LogP contribution in [-0.2, 0) is 12.8 Å². The van der Waals surface area contributed by atoms with Crippen molar-refractivity contribution in [3.63, 3.8) is 0 Å². The molecular formula is C13H14N4O. The number of ether oxygens (including phenoxy) is 1. The average molecular weight is 242 g/mol. The molecule has 1 aliphatic rings. The molecule has 3 rings (SSSR count). The van der Waals surface area contributed by atoms with E-state index in [0.717, 1.165) is 35.4 Å². The molecule has 1 aromatic carbocycles. The van der Waals surface area contributed by atoms with Gasteiger partial charge in [0.2, 0.25) is 5.95 Å². The second-order valence-corrected chi connectivity index (χ2v) is 4.31. The topological polar surface area (TPSA) is 87.0 Å². The first-order chi connectivity index (χ1) is 8.69. The Bertz CT molecular complexity index is 625. The number of nitrogen functional groups attached to an aromatic ring is 2. The van der Waals surface area contributed by atoms with Gasteiger partial charge in [-0.05, 0) is 36.1 Å². The fourth-order valence-corrected chi connectivity index (χ4v) is 2.42. The lowest BCUT2D eigenvalue weighted by molar-refractivity contribution is 0.414. The second-order valence-electron chi connectivity index (χ2n) is 4.31. The molecule has 0 unspecified atom stereocenters. The lowest BCUT2D eigenvalue weighted by atomic mass is 9.88. The van der Waals surface area contributed by atoms with E-state index in [1.807, 2.05) is 18.2 Å². The van der Waals surface area contributed by atoms with Crippen LogP contribution in [0.15, 0.2) is 18.2 Å². The van der Waals surface area contributed by atoms with Crippen LogP contribution in [0.4, 0.5) is 11.8 Å². The van der Waals surface area contributed by atoms with E-state index in [-0.39, 0.29) is 5.95 Å². The van der Waals surface area contributed by atoms with Crippen molar-refractivity contribution in [1.29, 1.82) is 0 Å². The first-order valence-electron chi connectivity index (χ1n) is 5.78. The predicted molar refractivity (Wildman–Crippen MR) is 70.3 cm³/mol. The minimum Gasteiger partial charge on any atom is -0.497 e. The van der Waals surface area contributed by atoms with Crippen LogP contribution >= 0.6 is 0 Å². The minimum absolute atomic E-state index is 0.239. The van der Waals surface area contributed by atoms with E-state index in [0.29, 0.717) is 5.82 Å². The van der Waals surface area contributed by atoms with E-state index in [9.17, 15) is 0 Å². The van der Waals surface area contributed by atoms with Crippen LogP contribution in [0, 0.1) is 0 Å². The maximum Gasteiger partial charge on any atom is 0.222 e. The molecule has 5 heteroatoms. The third kappa shape index (κ3) is 1.55. The Labute approximate surface area is 105 Å². The number of hydrogen-bond acceptors (Lipinski definition) is 5. The number of benzene rings is 1. The number of methoxy groups -OCH3 is 1. The Balaban J connectivity index is 2.22. The summed E-state index contributed by atoms with van der Waals surface area (Å²) in [4.78, 5) is 8.31. The SMILES string of the molecule is COc1ccc2c(c1)CCc1nc(N)nc(N)c1-2. The van der Waals surface area contributed by atoms with Crippen molar-refractivity contribution in [2.45, 2.75) is 12.8 Å². The molecule has 18 heavy (non-hydrogen) atoms. The molecule has 5 nitrogen and oxygen atoms in total. The summed E-state index contributed by atoms with van der Waals surface area (Å²) in [6, 6.07) is 5.96. The van der Waals surface area contributed by atoms with Crippen molar-refractivity contribution in [3.8, 4) is 16.9 Å². The van der Waals surface area contributed by atoms with E-state index in [1.165, 1.54) is 5.56 Å². The molecular weight excluding hydrogens is 228 g/mol. The van der Waals surface area contributed by atoms with Crippen LogP contribution in [-0.4, -0.2) is 17.1 Å². The molecule has 1 aromatic heterocycles. The lowest BCUT2D eigenvalue weighted by Crippen LogP contribution is -2.12. The van der Waals surface area contributed by atoms with Gasteiger partial charge in [-0.25, -0.2) is 4.98 Å². The van der Waals surface area contributed by atoms with Crippen LogP contribution in [0.1, 0.15) is 11.3 Å². The second kappa shape index (κ2) is 3.87. The number of aryl methyl sites for hydroxylation is 2. The molecule has 0 aliphatic heterocycles. The summed E-state index contributed by atoms with van der Waals surface area (Å²) in [5.41, 5.74) is 15.7. The molecule has 2 aromatic rings. The Kier molecular flexibility index (Phi) is 2.33. The van der Waals surface area contributed by atoms with Gasteiger partial charge < -0.3 is 16.2 Å². The normalized spacial score (nSPS) is 12.7. The van der Waals surface area contributed by atoms with E-state index in [4.69, 9.17) is 16.2 Å². The first-order valence-corrected chi connectivity index (χ1v) is 5.78. The van der Waals surface area contributed by atoms with Crippen molar-refractivity contribution in [3.05, 3.63) is 29.5 Å². The first kappa shape index (κ1) is 10.8. The van der Waals surface area contributed by atoms with Crippen LogP contribution in [0.2, 0.25) is 0 Å². The van der Waals surface area contributed by atoms with E-state index >= 15 is 0 Å². The standard InChI is InChI=1S/C13H14N4O/c1-18-8-3-4-9-7(6-8)2-5-10-11(9)12(14)17-13(15)16-10/h3-4,6H,2,5H2,1H3,(H4,14,15,16,17). The molecule has 0 radical (unpaired) electrons. The van der Waals surface area contributed by atoms with Gasteiger partial charge >= 0.3 is 0 Å². The summed E-state index contributed by atoms with van der Waals surface area (Å²) in [5, 5.41) is 0. The molecule has 0 saturated heterocycles. The smallest absolute Gasteiger partial charge is 0.222 e. The Hall–Kier alpha value is -2.30. The van der Waals surface area contributed by atoms with E-state index < -0.39 is 0 Å². The van der Waals surface area contributed by atoms with Crippen molar-refractivity contribution in [2.75, 3.05) is 18.6 Å². The molecule has 0 atom stereocenters. The zero-order valence-electron chi connectivity index (χ0n) is 10.1. The van der Waals surface area contributed by atoms with Crippen molar-refractivity contribution >= 4 is 11.8 Å². The van der Waals surface area contributed by atoms with Gasteiger partial charge in [0, 0.05) is 5.56 Å². The number of nitrogens with zero attached hydrogens (tertiary/aromatic N) is 2. The van der Waals surface area contributed by atoms with E-state index in [1.54, 1.807) is 7.11 Å². The monoisotopic (exact) mass is 242 g/mol. The Morgan fingerprint density at radius 1 is 1.17 bits per heavy atom. The van der Waals surface area contributed by atoms with Gasteiger partial charge in [0.25, 0.3) is 0 Å². The van der Waals surface area contributed by atoms with Gasteiger partial charge in [0.15, 0.2) is 0 Å². The third-order valence-corrected chi connectivity index (χ3v) is 3.24. The molecule has 0 fully saturated rings. The summed E-state index contributed by atoms with van der Waals surface area (Å²) in [5.74, 6) is 1.54. The quantitative estimate of drug-likeness (QED) is 0.789. The summed E-state index contributed by atoms with van der Waals surface area (Å²) in [7, 11) is 1.66. The largest absolute Gasteiger partial charge is 0.497 e. The van der Waals surface area contributed by atoms with Gasteiger partial charge in [-0.2, -0.15) is 4.98 Å². The Morgan fingerprint density at radius 2 is 2.00 bits per heavy atom. The van der Waals surface area contributed by atoms with Gasteiger partial charge in [-0.3, -0.25) is 0 Å². The van der Waals surface area contributed by atoms with E-state index in [2.05, 4.69) is 9.97 Å². The summed E-state index contributed by atoms with van der Waals surface area (Å²) >= 11 is 0. The number of rotatable bonds is 1. The highest BCUT2D eigenvalue weighted by Crippen LogP contribution is 2.37. The molecule has 0 amide bonds. The zero-order chi connectivity index (χ0) is 12.7. The molecule has 4 N–H and O–H groups in total. The van der Waals surface area contributed by atoms with Crippen molar-refractivity contribution < 1.29 is 4.74 Å². The molecule has 1 heterocycles. The molecule has 0 spiro atoms. The number of aromatic nitrogens is 2.